The molecular formula is C61H58N14O13S6. The van der Waals surface area contributed by atoms with E-state index in [4.69, 9.17) is 44.4 Å². The Bertz CT molecular complexity index is 4340. The maximum Gasteiger partial charge on any atom is 0.420 e. The van der Waals surface area contributed by atoms with Crippen molar-refractivity contribution in [3.63, 3.8) is 0 Å². The van der Waals surface area contributed by atoms with Crippen LogP contribution in [0.25, 0.3) is 43.4 Å². The highest BCUT2D eigenvalue weighted by Gasteiger charge is 2.35. The number of aromatic carboxylic acids is 1. The van der Waals surface area contributed by atoms with E-state index in [1.54, 1.807) is 65.5 Å². The number of thiazole rings is 6. The standard InChI is InChI=1S/C61H58N14O13S6/c1-27(2)44-58-74-47(40(94-58)22-87-5)51(80)64-21-43(77)71-48(49(78)29-9-7-6-8-10-29)57-69-39(25-91-57)55-67-37(23-90-55)46-33(53-68-38(24-89-53)50(79)66-35(20-42(76)62-4)56-73-45(28(3)93-56)52(81)72-44)15-16-34(65-46)54-70-41(26-92-54)75(31-17-18-63-36(19-31)60(84)85)61(86)88-32-13-11-30(12-14-32)59(82)83/h6-10,15-19,23-27,30,32,35,44,48-49,78H,11-14,20-22H2,1-5H3,(H,62,76)(H,64,80)(H,66,79)(H,71,77)(H,72,81)(H,82,83)(H,84,85)/t30?,32?,35-,44?,48-,49-/m0/s1. The molecule has 1 aliphatic carbocycles. The first-order chi connectivity index (χ1) is 45.2. The molecule has 11 rings (SSSR count). The van der Waals surface area contributed by atoms with Gasteiger partial charge in [0.15, 0.2) is 5.82 Å². The van der Waals surface area contributed by atoms with E-state index in [0.717, 1.165) is 61.6 Å². The number of aliphatic hydroxyl groups excluding tert-OH is 1. The molecule has 6 amide bonds. The first-order valence-corrected chi connectivity index (χ1v) is 34.2. The summed E-state index contributed by atoms with van der Waals surface area (Å²) in [7, 11) is 2.91. The van der Waals surface area contributed by atoms with E-state index in [2.05, 4.69) is 31.6 Å². The summed E-state index contributed by atoms with van der Waals surface area (Å²) in [5.41, 5.74) is 1.84. The van der Waals surface area contributed by atoms with Crippen molar-refractivity contribution < 1.29 is 63.1 Å². The topological polar surface area (TPSA) is 382 Å². The predicted molar refractivity (Wildman–Crippen MR) is 350 cm³/mol. The summed E-state index contributed by atoms with van der Waals surface area (Å²) >= 11 is 6.86. The minimum atomic E-state index is -1.35. The molecule has 4 atom stereocenters. The largest absolute Gasteiger partial charge is 0.481 e. The Morgan fingerprint density at radius 3 is 2.15 bits per heavy atom. The van der Waals surface area contributed by atoms with Crippen LogP contribution >= 0.6 is 68.0 Å². The number of nitrogens with zero attached hydrogens (tertiary/aromatic N) is 9. The van der Waals surface area contributed by atoms with E-state index >= 15 is 0 Å². The summed E-state index contributed by atoms with van der Waals surface area (Å²) in [5, 5.41) is 54.1. The molecule has 1 unspecified atom stereocenters. The van der Waals surface area contributed by atoms with Gasteiger partial charge in [0.05, 0.1) is 53.8 Å². The van der Waals surface area contributed by atoms with Crippen molar-refractivity contribution in [2.75, 3.05) is 25.6 Å². The third kappa shape index (κ3) is 14.7. The van der Waals surface area contributed by atoms with Gasteiger partial charge in [-0.05, 0) is 68.4 Å². The van der Waals surface area contributed by atoms with Gasteiger partial charge in [0.25, 0.3) is 17.7 Å². The van der Waals surface area contributed by atoms with Crippen LogP contribution in [0.15, 0.2) is 82.3 Å². The van der Waals surface area contributed by atoms with Gasteiger partial charge in [-0.1, -0.05) is 44.2 Å². The van der Waals surface area contributed by atoms with Gasteiger partial charge >= 0.3 is 18.0 Å². The summed E-state index contributed by atoms with van der Waals surface area (Å²) in [4.78, 5) is 148. The number of carboxylic acids is 2. The average molecular weight is 1390 g/mol. The number of ether oxygens (including phenoxy) is 2. The second kappa shape index (κ2) is 29.0. The fourth-order valence-corrected chi connectivity index (χ4v) is 15.8. The van der Waals surface area contributed by atoms with Gasteiger partial charge in [0.1, 0.15) is 88.2 Å². The van der Waals surface area contributed by atoms with Crippen molar-refractivity contribution in [2.24, 2.45) is 11.8 Å². The van der Waals surface area contributed by atoms with Crippen LogP contribution in [0, 0.1) is 18.8 Å². The van der Waals surface area contributed by atoms with Gasteiger partial charge < -0.3 is 51.4 Å². The van der Waals surface area contributed by atoms with Crippen molar-refractivity contribution >= 4 is 127 Å². The average Bonchev–Trinajstić information content (AvgIpc) is 1.62. The lowest BCUT2D eigenvalue weighted by Gasteiger charge is -2.28. The Morgan fingerprint density at radius 1 is 0.702 bits per heavy atom. The molecule has 1 aromatic carbocycles. The molecule has 0 radical (unpaired) electrons. The molecule has 33 heteroatoms. The first kappa shape index (κ1) is 66.2. The zero-order chi connectivity index (χ0) is 66.5. The van der Waals surface area contributed by atoms with Crippen LogP contribution in [-0.2, 0) is 30.5 Å². The molecular weight excluding hydrogens is 1330 g/mol. The summed E-state index contributed by atoms with van der Waals surface area (Å²) in [6, 6.07) is 11.8. The highest BCUT2D eigenvalue weighted by atomic mass is 32.1. The Morgan fingerprint density at radius 2 is 1.41 bits per heavy atom. The molecule has 8 N–H and O–H groups in total. The van der Waals surface area contributed by atoms with Crippen molar-refractivity contribution in [1.82, 2.24) is 66.5 Å². The number of hydrogen-bond donors (Lipinski definition) is 8. The van der Waals surface area contributed by atoms with E-state index in [1.165, 1.54) is 49.2 Å². The van der Waals surface area contributed by atoms with Crippen LogP contribution < -0.4 is 31.5 Å². The third-order valence-corrected chi connectivity index (χ3v) is 20.9. The van der Waals surface area contributed by atoms with Gasteiger partial charge in [-0.15, -0.1) is 68.0 Å². The molecule has 9 heterocycles. The van der Waals surface area contributed by atoms with Crippen molar-refractivity contribution in [3.8, 4) is 43.4 Å². The van der Waals surface area contributed by atoms with Gasteiger partial charge in [0.2, 0.25) is 11.8 Å². The number of pyridine rings is 2. The number of aliphatic carboxylic acids is 1. The Labute approximate surface area is 559 Å². The van der Waals surface area contributed by atoms with Crippen LogP contribution in [0.3, 0.4) is 0 Å². The minimum absolute atomic E-state index is 0.0203. The molecule has 1 saturated carbocycles. The van der Waals surface area contributed by atoms with Crippen LogP contribution in [0.4, 0.5) is 16.3 Å². The number of aryl methyl sites for hydroxylation is 1. The number of anilines is 2. The van der Waals surface area contributed by atoms with Gasteiger partial charge in [-0.25, -0.2) is 54.4 Å². The first-order valence-electron chi connectivity index (χ1n) is 29.1. The molecule has 1 fully saturated rings. The lowest BCUT2D eigenvalue weighted by Crippen LogP contribution is -2.40. The van der Waals surface area contributed by atoms with Gasteiger partial charge in [-0.2, -0.15) is 0 Å². The number of carbonyl (C=O) groups excluding carboxylic acids is 6. The Balaban J connectivity index is 0.990. The number of rotatable bonds is 13. The van der Waals surface area contributed by atoms with E-state index in [0.29, 0.717) is 83.0 Å². The number of aromatic nitrogens is 8. The number of carboxylic acid groups (broad SMARTS) is 2. The molecule has 1 aliphatic heterocycles. The van der Waals surface area contributed by atoms with Crippen LogP contribution in [0.1, 0.15) is 142 Å². The van der Waals surface area contributed by atoms with Gasteiger partial charge in [0, 0.05) is 52.3 Å². The van der Waals surface area contributed by atoms with Crippen molar-refractivity contribution in [1.29, 1.82) is 0 Å². The normalized spacial score (nSPS) is 18.2. The molecule has 2 aliphatic rings. The third-order valence-electron chi connectivity index (χ3n) is 15.2. The van der Waals surface area contributed by atoms with Crippen molar-refractivity contribution in [2.45, 2.75) is 89.8 Å². The molecule has 0 saturated heterocycles. The quantitative estimate of drug-likeness (QED) is 0.0532. The SMILES string of the molecule is CNC(=O)C[C@@H]1NC(=O)c2csc(n2)-c2ccc(-c3nc(N(C(=O)OC4CCC(C(=O)O)CC4)c4ccnc(C(=O)O)c4)cs3)nc2-c2csc(n2)-c2csc(n2)[C@H]([C@@H](O)c2ccccc2)NC(=O)CNC(=O)c2nc(sc2COC)C(C(C)C)NC(=O)c2nc1sc2C. The summed E-state index contributed by atoms with van der Waals surface area (Å²) in [5.74, 6) is -6.13. The highest BCUT2D eigenvalue weighted by Crippen LogP contribution is 2.41. The maximum absolute atomic E-state index is 14.5. The van der Waals surface area contributed by atoms with Crippen LogP contribution in [-0.4, -0.2) is 130 Å². The zero-order valence-electron chi connectivity index (χ0n) is 50.5. The molecule has 0 spiro atoms. The monoisotopic (exact) mass is 1390 g/mol. The van der Waals surface area contributed by atoms with Gasteiger partial charge in [-0.3, -0.25) is 28.8 Å². The molecule has 10 bridgehead atoms. The van der Waals surface area contributed by atoms with Crippen LogP contribution in [0.2, 0.25) is 0 Å². The molecule has 9 aromatic rings. The molecule has 486 valence electrons. The number of nitrogens with one attached hydrogen (secondary N) is 5. The number of amides is 6. The van der Waals surface area contributed by atoms with E-state index in [1.807, 2.05) is 13.8 Å². The highest BCUT2D eigenvalue weighted by molar-refractivity contribution is 7.15. The second-order valence-electron chi connectivity index (χ2n) is 21.9. The number of methoxy groups -OCH3 is 1. The number of carbonyl (C=O) groups is 8. The van der Waals surface area contributed by atoms with E-state index in [9.17, 15) is 53.7 Å². The summed E-state index contributed by atoms with van der Waals surface area (Å²) in [6.07, 6.45) is -0.705. The molecule has 94 heavy (non-hydrogen) atoms. The van der Waals surface area contributed by atoms with Crippen molar-refractivity contribution in [3.05, 3.63) is 135 Å². The molecule has 8 aromatic heterocycles. The smallest absolute Gasteiger partial charge is 0.420 e. The van der Waals surface area contributed by atoms with Crippen LogP contribution in [0.5, 0.6) is 0 Å². The lowest BCUT2D eigenvalue weighted by molar-refractivity contribution is -0.143. The Hall–Kier alpha value is -9.22. The Kier molecular flexibility index (Phi) is 20.4. The summed E-state index contributed by atoms with van der Waals surface area (Å²) in [6.45, 7) is 4.86. The fourth-order valence-electron chi connectivity index (χ4n) is 10.3. The number of benzene rings is 1. The number of aliphatic hydroxyl groups is 1. The number of fused-ring (bicyclic) bond motifs is 14. The fraction of sp³-hybridized carbons (Fsp3) is 0.311. The zero-order valence-corrected chi connectivity index (χ0v) is 55.4. The second-order valence-corrected chi connectivity index (χ2v) is 27.7. The number of hydrogen-bond acceptors (Lipinski definition) is 25. The van der Waals surface area contributed by atoms with E-state index < -0.39 is 90.4 Å². The summed E-state index contributed by atoms with van der Waals surface area (Å²) < 4.78 is 11.4. The minimum Gasteiger partial charge on any atom is -0.481 e. The lowest BCUT2D eigenvalue weighted by atomic mass is 9.87. The maximum atomic E-state index is 14.5. The predicted octanol–water partition coefficient (Wildman–Crippen LogP) is 9.32. The van der Waals surface area contributed by atoms with E-state index in [-0.39, 0.29) is 69.6 Å². The molecule has 27 nitrogen and oxygen atoms in total.